The molecule has 0 amide bonds. The van der Waals surface area contributed by atoms with E-state index >= 15 is 0 Å². The summed E-state index contributed by atoms with van der Waals surface area (Å²) in [4.78, 5) is 73.1. The van der Waals surface area contributed by atoms with Crippen LogP contribution in [0.1, 0.15) is 440 Å². The molecule has 103 heavy (non-hydrogen) atoms. The number of phosphoric acid groups is 2. The maximum absolute atomic E-state index is 13.1. The van der Waals surface area contributed by atoms with Crippen molar-refractivity contribution in [2.45, 2.75) is 458 Å². The molecule has 0 radical (unpaired) electrons. The van der Waals surface area contributed by atoms with Crippen LogP contribution in [0.5, 0.6) is 0 Å². The van der Waals surface area contributed by atoms with E-state index in [1.807, 2.05) is 0 Å². The average Bonchev–Trinajstić information content (AvgIpc) is 0.913. The number of ether oxygens (including phenoxy) is 4. The number of aliphatic hydroxyl groups excluding tert-OH is 1. The van der Waals surface area contributed by atoms with Crippen LogP contribution in [0.4, 0.5) is 0 Å². The molecular formula is C84H164O17P2. The number of esters is 4. The highest BCUT2D eigenvalue weighted by molar-refractivity contribution is 7.47. The molecule has 19 heteroatoms. The lowest BCUT2D eigenvalue weighted by Gasteiger charge is -2.21. The van der Waals surface area contributed by atoms with E-state index in [0.29, 0.717) is 25.7 Å². The van der Waals surface area contributed by atoms with Crippen LogP contribution in [0.25, 0.3) is 0 Å². The van der Waals surface area contributed by atoms with Crippen LogP contribution >= 0.6 is 15.6 Å². The van der Waals surface area contributed by atoms with Gasteiger partial charge >= 0.3 is 39.5 Å². The molecule has 4 unspecified atom stereocenters. The van der Waals surface area contributed by atoms with Gasteiger partial charge in [0.15, 0.2) is 12.2 Å². The standard InChI is InChI=1S/C84H164O17P2/c1-8-11-12-13-14-15-16-17-18-24-27-30-36-44-51-58-65-81(86)94-71-79(100-83(88)67-60-53-46-37-31-28-25-22-20-19-21-23-26-29-34-42-49-56-63-76(6)9-2)73-98-102(90,91)96-69-78(85)70-97-103(92,93)99-74-80(72-95-82(87)66-59-52-45-40-39-41-48-55-62-75(4)5)101-84(89)68-61-54-47-38-33-32-35-43-50-57-64-77(7)10-3/h75-80,85H,8-74H2,1-7H3,(H,90,91)(H,92,93)/t76?,77?,78-,79-,80-/m1/s1. The Balaban J connectivity index is 5.23. The molecule has 0 saturated carbocycles. The van der Waals surface area contributed by atoms with Gasteiger partial charge in [-0.3, -0.25) is 37.3 Å². The van der Waals surface area contributed by atoms with Gasteiger partial charge in [-0.1, -0.05) is 389 Å². The van der Waals surface area contributed by atoms with E-state index in [2.05, 4.69) is 48.5 Å². The van der Waals surface area contributed by atoms with Crippen LogP contribution in [0.15, 0.2) is 0 Å². The third kappa shape index (κ3) is 75.3. The summed E-state index contributed by atoms with van der Waals surface area (Å²) in [5.41, 5.74) is 0. The summed E-state index contributed by atoms with van der Waals surface area (Å²) >= 11 is 0. The predicted octanol–water partition coefficient (Wildman–Crippen LogP) is 25.3. The van der Waals surface area contributed by atoms with Gasteiger partial charge in [0.25, 0.3) is 0 Å². The van der Waals surface area contributed by atoms with Crippen molar-refractivity contribution in [3.05, 3.63) is 0 Å². The van der Waals surface area contributed by atoms with Crippen molar-refractivity contribution in [1.29, 1.82) is 0 Å². The fraction of sp³-hybridized carbons (Fsp3) is 0.952. The van der Waals surface area contributed by atoms with Gasteiger partial charge in [-0.25, -0.2) is 9.13 Å². The average molecular weight is 1510 g/mol. The molecule has 0 rings (SSSR count). The molecule has 0 aromatic heterocycles. The van der Waals surface area contributed by atoms with Gasteiger partial charge in [-0.15, -0.1) is 0 Å². The summed E-state index contributed by atoms with van der Waals surface area (Å²) in [6, 6.07) is 0. The number of unbranched alkanes of at least 4 members (excludes halogenated alkanes) is 48. The highest BCUT2D eigenvalue weighted by Crippen LogP contribution is 2.45. The molecule has 0 aliphatic rings. The fourth-order valence-corrected chi connectivity index (χ4v) is 14.5. The number of hydrogen-bond acceptors (Lipinski definition) is 15. The van der Waals surface area contributed by atoms with Crippen LogP contribution in [0.3, 0.4) is 0 Å². The summed E-state index contributed by atoms with van der Waals surface area (Å²) in [6.07, 6.45) is 63.8. The van der Waals surface area contributed by atoms with Crippen molar-refractivity contribution in [3.63, 3.8) is 0 Å². The van der Waals surface area contributed by atoms with E-state index < -0.39 is 97.5 Å². The molecule has 7 atom stereocenters. The minimum atomic E-state index is -4.96. The van der Waals surface area contributed by atoms with Crippen LogP contribution in [-0.4, -0.2) is 96.7 Å². The van der Waals surface area contributed by atoms with Gasteiger partial charge in [0.2, 0.25) is 0 Å². The molecule has 0 bridgehead atoms. The maximum atomic E-state index is 13.1. The molecule has 0 aromatic carbocycles. The topological polar surface area (TPSA) is 237 Å². The monoisotopic (exact) mass is 1510 g/mol. The summed E-state index contributed by atoms with van der Waals surface area (Å²) in [7, 11) is -9.93. The van der Waals surface area contributed by atoms with Crippen molar-refractivity contribution in [1.82, 2.24) is 0 Å². The highest BCUT2D eigenvalue weighted by atomic mass is 31.2. The van der Waals surface area contributed by atoms with Crippen molar-refractivity contribution >= 4 is 39.5 Å². The first-order valence-electron chi connectivity index (χ1n) is 43.4. The largest absolute Gasteiger partial charge is 0.472 e. The zero-order valence-corrected chi connectivity index (χ0v) is 69.6. The van der Waals surface area contributed by atoms with Gasteiger partial charge in [-0.2, -0.15) is 0 Å². The van der Waals surface area contributed by atoms with Gasteiger partial charge in [0, 0.05) is 25.7 Å². The van der Waals surface area contributed by atoms with Gasteiger partial charge in [0.1, 0.15) is 19.3 Å². The highest BCUT2D eigenvalue weighted by Gasteiger charge is 2.30. The minimum Gasteiger partial charge on any atom is -0.462 e. The van der Waals surface area contributed by atoms with Gasteiger partial charge in [-0.05, 0) is 43.4 Å². The van der Waals surface area contributed by atoms with E-state index in [4.69, 9.17) is 37.0 Å². The first kappa shape index (κ1) is 101. The zero-order valence-electron chi connectivity index (χ0n) is 67.8. The number of aliphatic hydroxyl groups is 1. The van der Waals surface area contributed by atoms with Crippen molar-refractivity contribution < 1.29 is 80.2 Å². The second kappa shape index (κ2) is 74.2. The lowest BCUT2D eigenvalue weighted by atomic mass is 9.99. The van der Waals surface area contributed by atoms with E-state index in [1.54, 1.807) is 0 Å². The Morgan fingerprint density at radius 2 is 0.495 bits per heavy atom. The van der Waals surface area contributed by atoms with Crippen LogP contribution in [0, 0.1) is 17.8 Å². The van der Waals surface area contributed by atoms with Gasteiger partial charge in [0.05, 0.1) is 26.4 Å². The third-order valence-electron chi connectivity index (χ3n) is 20.4. The Morgan fingerprint density at radius 3 is 0.738 bits per heavy atom. The van der Waals surface area contributed by atoms with Crippen molar-refractivity contribution in [2.24, 2.45) is 17.8 Å². The molecule has 0 aromatic rings. The molecule has 17 nitrogen and oxygen atoms in total. The second-order valence-corrected chi connectivity index (χ2v) is 34.1. The maximum Gasteiger partial charge on any atom is 0.472 e. The summed E-state index contributed by atoms with van der Waals surface area (Å²) < 4.78 is 68.8. The normalized spacial score (nSPS) is 14.4. The summed E-state index contributed by atoms with van der Waals surface area (Å²) in [5, 5.41) is 10.7. The molecule has 612 valence electrons. The molecule has 0 aliphatic heterocycles. The molecular weight excluding hydrogens is 1340 g/mol. The Bertz CT molecular complexity index is 2000. The van der Waals surface area contributed by atoms with E-state index in [9.17, 15) is 43.2 Å². The number of carbonyl (C=O) groups excluding carboxylic acids is 4. The van der Waals surface area contributed by atoms with Crippen LogP contribution < -0.4 is 0 Å². The molecule has 0 aliphatic carbocycles. The van der Waals surface area contributed by atoms with Crippen molar-refractivity contribution in [3.8, 4) is 0 Å². The molecule has 0 fully saturated rings. The predicted molar refractivity (Wildman–Crippen MR) is 423 cm³/mol. The quantitative estimate of drug-likeness (QED) is 0.0222. The number of hydrogen-bond donors (Lipinski definition) is 3. The number of phosphoric ester groups is 2. The first-order chi connectivity index (χ1) is 49.8. The Morgan fingerprint density at radius 1 is 0.282 bits per heavy atom. The number of carbonyl (C=O) groups is 4. The first-order valence-corrected chi connectivity index (χ1v) is 46.4. The molecule has 0 saturated heterocycles. The molecule has 0 heterocycles. The van der Waals surface area contributed by atoms with Crippen LogP contribution in [0.2, 0.25) is 0 Å². The van der Waals surface area contributed by atoms with Crippen molar-refractivity contribution in [2.75, 3.05) is 39.6 Å². The second-order valence-electron chi connectivity index (χ2n) is 31.2. The molecule has 3 N–H and O–H groups in total. The third-order valence-corrected chi connectivity index (χ3v) is 22.3. The molecule has 0 spiro atoms. The summed E-state index contributed by atoms with van der Waals surface area (Å²) in [6.45, 7) is 12.0. The van der Waals surface area contributed by atoms with E-state index in [0.717, 1.165) is 108 Å². The SMILES string of the molecule is CCCCCCCCCCCCCCCCCCC(=O)OC[C@H](COP(=O)(O)OC[C@@H](O)COP(=O)(O)OC[C@@H](COC(=O)CCCCCCCCCCC(C)C)OC(=O)CCCCCCCCCCCCC(C)CC)OC(=O)CCCCCCCCCCCCCCCCCCCCC(C)CC. The van der Waals surface area contributed by atoms with E-state index in [1.165, 1.54) is 250 Å². The lowest BCUT2D eigenvalue weighted by Crippen LogP contribution is -2.30. The van der Waals surface area contributed by atoms with E-state index in [-0.39, 0.29) is 25.7 Å². The Hall–Kier alpha value is -1.94. The Labute approximate surface area is 632 Å². The lowest BCUT2D eigenvalue weighted by molar-refractivity contribution is -0.161. The Kier molecular flexibility index (Phi) is 72.8. The van der Waals surface area contributed by atoms with Gasteiger partial charge < -0.3 is 33.8 Å². The number of rotatable bonds is 82. The van der Waals surface area contributed by atoms with Crippen LogP contribution in [-0.2, 0) is 65.4 Å². The summed E-state index contributed by atoms with van der Waals surface area (Å²) in [5.74, 6) is 0.293. The minimum absolute atomic E-state index is 0.106. The fourth-order valence-electron chi connectivity index (χ4n) is 13.0. The smallest absolute Gasteiger partial charge is 0.462 e. The zero-order chi connectivity index (χ0) is 75.8.